The molecule has 1 amide bonds. The summed E-state index contributed by atoms with van der Waals surface area (Å²) in [6.45, 7) is 4.08. The molecule has 258 valence electrons. The normalized spacial score (nSPS) is 12.6. The van der Waals surface area contributed by atoms with Crippen LogP contribution in [-0.4, -0.2) is 35.6 Å². The molecule has 0 heterocycles. The van der Waals surface area contributed by atoms with Crippen molar-refractivity contribution in [1.29, 1.82) is 0 Å². The Hall–Kier alpha value is -2.63. The van der Waals surface area contributed by atoms with Gasteiger partial charge in [0.05, 0.1) is 0 Å². The molecule has 6 heteroatoms. The summed E-state index contributed by atoms with van der Waals surface area (Å²) in [5.41, 5.74) is 0. The van der Waals surface area contributed by atoms with Crippen molar-refractivity contribution >= 4 is 17.8 Å². The maximum Gasteiger partial charge on any atom is 0.322 e. The Balaban J connectivity index is 4.30. The second-order valence-electron chi connectivity index (χ2n) is 12.1. The van der Waals surface area contributed by atoms with E-state index >= 15 is 0 Å². The lowest BCUT2D eigenvalue weighted by Gasteiger charge is -2.18. The maximum atomic E-state index is 12.6. The molecule has 0 aliphatic heterocycles. The zero-order valence-electron chi connectivity index (χ0n) is 29.0. The van der Waals surface area contributed by atoms with Crippen LogP contribution in [0, 0.1) is 0 Å². The predicted molar refractivity (Wildman–Crippen MR) is 189 cm³/mol. The van der Waals surface area contributed by atoms with Crippen molar-refractivity contribution in [1.82, 2.24) is 5.32 Å². The van der Waals surface area contributed by atoms with Gasteiger partial charge in [0.25, 0.3) is 0 Å². The first-order chi connectivity index (χ1) is 22.0. The zero-order chi connectivity index (χ0) is 33.1. The van der Waals surface area contributed by atoms with Crippen molar-refractivity contribution in [3.8, 4) is 0 Å². The molecule has 0 aromatic carbocycles. The summed E-state index contributed by atoms with van der Waals surface area (Å²) < 4.78 is 5.95. The van der Waals surface area contributed by atoms with Crippen molar-refractivity contribution in [2.45, 2.75) is 174 Å². The minimum atomic E-state index is -1.02. The predicted octanol–water partition coefficient (Wildman–Crippen LogP) is 10.7. The summed E-state index contributed by atoms with van der Waals surface area (Å²) in [5.74, 6) is -1.32. The molecule has 0 rings (SSSR count). The third-order valence-electron chi connectivity index (χ3n) is 7.78. The monoisotopic (exact) mass is 630 g/mol. The van der Waals surface area contributed by atoms with Crippen LogP contribution in [0.1, 0.15) is 168 Å². The van der Waals surface area contributed by atoms with Crippen LogP contribution in [0.5, 0.6) is 0 Å². The fourth-order valence-corrected chi connectivity index (χ4v) is 5.12. The maximum absolute atomic E-state index is 12.6. The van der Waals surface area contributed by atoms with Gasteiger partial charge in [-0.3, -0.25) is 14.4 Å². The summed E-state index contributed by atoms with van der Waals surface area (Å²) >= 11 is 0. The number of rotatable bonds is 32. The molecule has 6 nitrogen and oxygen atoms in total. The Morgan fingerprint density at radius 1 is 0.600 bits per heavy atom. The number of ether oxygens (including phenoxy) is 1. The molecule has 0 radical (unpaired) electrons. The number of carbonyl (C=O) groups is 3. The van der Waals surface area contributed by atoms with E-state index in [1.165, 1.54) is 57.8 Å². The largest absolute Gasteiger partial charge is 0.480 e. The SMILES string of the molecule is CC/C=C\C/C=C\C/C=C\C/C=C\CCC(=O)OC(CCCCCCCCCCCC)CCCCCCCC(=O)NCC(=O)O. The number of hydrogen-bond acceptors (Lipinski definition) is 4. The van der Waals surface area contributed by atoms with Gasteiger partial charge in [-0.25, -0.2) is 0 Å². The van der Waals surface area contributed by atoms with E-state index in [1.54, 1.807) is 0 Å². The summed E-state index contributed by atoms with van der Waals surface area (Å²) in [6, 6.07) is 0. The lowest BCUT2D eigenvalue weighted by molar-refractivity contribution is -0.149. The van der Waals surface area contributed by atoms with Crippen molar-refractivity contribution in [2.24, 2.45) is 0 Å². The number of esters is 1. The molecule has 2 N–H and O–H groups in total. The molecule has 0 aliphatic carbocycles. The van der Waals surface area contributed by atoms with Gasteiger partial charge < -0.3 is 15.2 Å². The van der Waals surface area contributed by atoms with E-state index in [9.17, 15) is 14.4 Å². The van der Waals surface area contributed by atoms with Gasteiger partial charge in [-0.1, -0.05) is 140 Å². The number of allylic oxidation sites excluding steroid dienone is 8. The first kappa shape index (κ1) is 42.4. The van der Waals surface area contributed by atoms with Gasteiger partial charge in [-0.15, -0.1) is 0 Å². The van der Waals surface area contributed by atoms with Crippen LogP contribution >= 0.6 is 0 Å². The van der Waals surface area contributed by atoms with Gasteiger partial charge in [0.15, 0.2) is 0 Å². The van der Waals surface area contributed by atoms with Gasteiger partial charge in [-0.2, -0.15) is 0 Å². The molecule has 1 unspecified atom stereocenters. The van der Waals surface area contributed by atoms with Gasteiger partial charge in [0, 0.05) is 12.8 Å². The number of carboxylic acids is 1. The second-order valence-corrected chi connectivity index (χ2v) is 12.1. The van der Waals surface area contributed by atoms with Crippen molar-refractivity contribution in [3.63, 3.8) is 0 Å². The quantitative estimate of drug-likeness (QED) is 0.0439. The van der Waals surface area contributed by atoms with Gasteiger partial charge in [0.1, 0.15) is 12.6 Å². The molecule has 0 aromatic heterocycles. The first-order valence-electron chi connectivity index (χ1n) is 18.3. The van der Waals surface area contributed by atoms with Crippen molar-refractivity contribution in [3.05, 3.63) is 48.6 Å². The third kappa shape index (κ3) is 34.1. The lowest BCUT2D eigenvalue weighted by Crippen LogP contribution is -2.28. The van der Waals surface area contributed by atoms with Crippen LogP contribution in [0.25, 0.3) is 0 Å². The van der Waals surface area contributed by atoms with Gasteiger partial charge in [0.2, 0.25) is 5.91 Å². The molecule has 0 saturated carbocycles. The van der Waals surface area contributed by atoms with Gasteiger partial charge >= 0.3 is 11.9 Å². The zero-order valence-corrected chi connectivity index (χ0v) is 29.0. The molecule has 1 atom stereocenters. The molecule has 45 heavy (non-hydrogen) atoms. The lowest BCUT2D eigenvalue weighted by atomic mass is 10.0. The minimum absolute atomic E-state index is 0.00855. The van der Waals surface area contributed by atoms with Gasteiger partial charge in [-0.05, 0) is 64.2 Å². The minimum Gasteiger partial charge on any atom is -0.480 e. The number of amides is 1. The van der Waals surface area contributed by atoms with E-state index < -0.39 is 5.97 Å². The average molecular weight is 630 g/mol. The standard InChI is InChI=1S/C39H67NO5/c1-3-5-7-9-11-13-15-16-17-19-21-26-30-34-39(44)45-36(31-27-23-20-18-14-12-10-8-6-4-2)32-28-24-22-25-29-33-37(41)40-35-38(42)43/h5,7,11,13,16-17,21,26,36H,3-4,6,8-10,12,14-15,18-20,22-25,27-35H2,1-2H3,(H,40,41)(H,42,43)/b7-5-,13-11-,17-16-,26-21-. The van der Waals surface area contributed by atoms with E-state index in [-0.39, 0.29) is 24.5 Å². The molecule has 0 aliphatic rings. The molecular formula is C39H67NO5. The molecule has 0 saturated heterocycles. The van der Waals surface area contributed by atoms with E-state index in [0.29, 0.717) is 19.3 Å². The summed E-state index contributed by atoms with van der Waals surface area (Å²) in [6.07, 6.45) is 42.3. The highest BCUT2D eigenvalue weighted by Crippen LogP contribution is 2.18. The Morgan fingerprint density at radius 3 is 1.58 bits per heavy atom. The third-order valence-corrected chi connectivity index (χ3v) is 7.78. The molecular weight excluding hydrogens is 562 g/mol. The van der Waals surface area contributed by atoms with Crippen LogP contribution in [-0.2, 0) is 19.1 Å². The van der Waals surface area contributed by atoms with E-state index in [0.717, 1.165) is 77.0 Å². The number of hydrogen-bond donors (Lipinski definition) is 2. The Morgan fingerprint density at radius 2 is 1.07 bits per heavy atom. The molecule has 0 spiro atoms. The van der Waals surface area contributed by atoms with Crippen LogP contribution in [0.2, 0.25) is 0 Å². The molecule has 0 bridgehead atoms. The number of aliphatic carboxylic acids is 1. The average Bonchev–Trinajstić information content (AvgIpc) is 3.02. The van der Waals surface area contributed by atoms with Crippen LogP contribution in [0.3, 0.4) is 0 Å². The number of nitrogens with one attached hydrogen (secondary N) is 1. The molecule has 0 fully saturated rings. The number of carboxylic acid groups (broad SMARTS) is 1. The summed E-state index contributed by atoms with van der Waals surface area (Å²) in [5, 5.41) is 11.0. The summed E-state index contributed by atoms with van der Waals surface area (Å²) in [4.78, 5) is 34.8. The fourth-order valence-electron chi connectivity index (χ4n) is 5.12. The highest BCUT2D eigenvalue weighted by atomic mass is 16.5. The topological polar surface area (TPSA) is 92.7 Å². The fraction of sp³-hybridized carbons (Fsp3) is 0.718. The summed E-state index contributed by atoms with van der Waals surface area (Å²) in [7, 11) is 0. The van der Waals surface area contributed by atoms with E-state index in [2.05, 4.69) is 67.8 Å². The Kier molecular flexibility index (Phi) is 32.2. The van der Waals surface area contributed by atoms with Crippen LogP contribution in [0.4, 0.5) is 0 Å². The van der Waals surface area contributed by atoms with E-state index in [4.69, 9.17) is 9.84 Å². The van der Waals surface area contributed by atoms with Crippen molar-refractivity contribution in [2.75, 3.05) is 6.54 Å². The second kappa shape index (κ2) is 34.2. The first-order valence-corrected chi connectivity index (χ1v) is 18.3. The van der Waals surface area contributed by atoms with E-state index in [1.807, 2.05) is 0 Å². The Bertz CT molecular complexity index is 829. The number of unbranched alkanes of at least 4 members (excludes halogenated alkanes) is 13. The van der Waals surface area contributed by atoms with Crippen LogP contribution in [0.15, 0.2) is 48.6 Å². The molecule has 0 aromatic rings. The smallest absolute Gasteiger partial charge is 0.322 e. The Labute approximate surface area is 276 Å². The highest BCUT2D eigenvalue weighted by Gasteiger charge is 2.14. The van der Waals surface area contributed by atoms with Crippen molar-refractivity contribution < 1.29 is 24.2 Å². The highest BCUT2D eigenvalue weighted by molar-refractivity contribution is 5.80. The number of carbonyl (C=O) groups excluding carboxylic acids is 2. The van der Waals surface area contributed by atoms with Crippen LogP contribution < -0.4 is 5.32 Å².